The van der Waals surface area contributed by atoms with Crippen LogP contribution in [0.5, 0.6) is 0 Å². The van der Waals surface area contributed by atoms with Gasteiger partial charge in [0.05, 0.1) is 8.37 Å². The summed E-state index contributed by atoms with van der Waals surface area (Å²) in [7, 11) is 0. The molecule has 0 aromatic carbocycles. The molecule has 2 nitrogen and oxygen atoms in total. The van der Waals surface area contributed by atoms with E-state index in [2.05, 4.69) is 62.7 Å². The molecule has 0 saturated heterocycles. The molecule has 2 N–H and O–H groups in total. The summed E-state index contributed by atoms with van der Waals surface area (Å²) < 4.78 is 1.19. The number of alkyl halides is 2. The van der Waals surface area contributed by atoms with Gasteiger partial charge in [0, 0.05) is 18.6 Å². The molecule has 0 amide bonds. The Hall–Kier alpha value is 4.04. The van der Waals surface area contributed by atoms with Crippen LogP contribution in [0.2, 0.25) is 0 Å². The van der Waals surface area contributed by atoms with Crippen molar-refractivity contribution in [2.45, 2.75) is 0 Å². The third kappa shape index (κ3) is 125. The van der Waals surface area contributed by atoms with Gasteiger partial charge in [-0.05, 0) is 0 Å². The van der Waals surface area contributed by atoms with Gasteiger partial charge in [0.2, 0.25) is 0 Å². The van der Waals surface area contributed by atoms with Gasteiger partial charge in [-0.3, -0.25) is 4.93 Å². The van der Waals surface area contributed by atoms with Crippen LogP contribution in [-0.4, -0.2) is 19.0 Å². The molecule has 0 aliphatic carbocycles. The van der Waals surface area contributed by atoms with Crippen molar-refractivity contribution >= 4 is 80.4 Å². The van der Waals surface area contributed by atoms with Crippen LogP contribution in [0.1, 0.15) is 0 Å². The number of hydrogen-bond donors (Lipinski definition) is 2. The third-order valence-electron chi connectivity index (χ3n) is 0. The molecule has 0 unspecified atom stereocenters. The van der Waals surface area contributed by atoms with Crippen molar-refractivity contribution in [3.05, 3.63) is 4.93 Å². The van der Waals surface area contributed by atoms with E-state index in [0.717, 1.165) is 0 Å². The first-order valence-corrected chi connectivity index (χ1v) is 6.64. The Kier molecular flexibility index (Phi) is 216. The predicted molar refractivity (Wildman–Crippen MR) is 70.3 cm³/mol. The van der Waals surface area contributed by atoms with Crippen LogP contribution in [-0.2, 0) is 18.6 Å². The zero-order valence-corrected chi connectivity index (χ0v) is 16.8. The molecule has 0 aromatic heterocycles. The molecule has 1 radical (unpaired) electrons. The average molecular weight is 564 g/mol. The first kappa shape index (κ1) is 36.3. The second-order valence-corrected chi connectivity index (χ2v) is 4.97. The van der Waals surface area contributed by atoms with Crippen molar-refractivity contribution in [2.75, 3.05) is 8.37 Å². The number of aliphatic hydroxyl groups is 1. The Balaban J connectivity index is -0.00000000764. The standard InChI is InChI=1S/CH2I2.CH2I.CH4OS.Na.H2O.V/c2-1-3;1-2;2-1-3;;;/h1H2;1H2;2-3H,1H2;;1H2;/q;-1;;+1;;/p-1. The minimum Gasteiger partial charge on any atom is -0.870 e. The summed E-state index contributed by atoms with van der Waals surface area (Å²) >= 11 is 9.79. The molecule has 0 saturated carbocycles. The van der Waals surface area contributed by atoms with E-state index in [1.54, 1.807) is 0 Å². The first-order chi connectivity index (χ1) is 3.83. The summed E-state index contributed by atoms with van der Waals surface area (Å²) in [4.78, 5) is 3.22. The maximum absolute atomic E-state index is 7.43. The molecular weight excluding hydrogens is 555 g/mol. The average Bonchev–Trinajstić information content (AvgIpc) is 1.75. The van der Waals surface area contributed by atoms with Gasteiger partial charge < -0.3 is 33.2 Å². The van der Waals surface area contributed by atoms with Gasteiger partial charge in [-0.2, -0.15) is 12.6 Å². The Bertz CT molecular complexity index is 28.5. The zero-order chi connectivity index (χ0) is 7.41. The molecule has 0 aromatic rings. The molecule has 0 fully saturated rings. The van der Waals surface area contributed by atoms with E-state index in [-0.39, 0.29) is 59.5 Å². The van der Waals surface area contributed by atoms with Gasteiger partial charge in [-0.15, -0.1) is 0 Å². The number of thiol groups is 1. The Morgan fingerprint density at radius 1 is 1.27 bits per heavy atom. The van der Waals surface area contributed by atoms with Gasteiger partial charge in [-0.1, -0.05) is 45.2 Å². The van der Waals surface area contributed by atoms with Crippen molar-refractivity contribution in [1.29, 1.82) is 0 Å². The number of hydrogen-bond acceptors (Lipinski definition) is 3. The van der Waals surface area contributed by atoms with E-state index in [0.29, 0.717) is 0 Å². The molecule has 0 atom stereocenters. The van der Waals surface area contributed by atoms with Crippen LogP contribution < -0.4 is 29.6 Å². The molecule has 67 valence electrons. The van der Waals surface area contributed by atoms with Gasteiger partial charge in [-0.25, -0.2) is 0 Å². The normalized spacial score (nSPS) is 3.82. The van der Waals surface area contributed by atoms with Gasteiger partial charge in [0.1, 0.15) is 0 Å². The molecule has 11 heavy (non-hydrogen) atoms. The van der Waals surface area contributed by atoms with E-state index in [1.165, 1.54) is 2.43 Å². The van der Waals surface area contributed by atoms with Gasteiger partial charge in [0.25, 0.3) is 0 Å². The molecule has 8 heteroatoms. The molecule has 0 rings (SSSR count). The van der Waals surface area contributed by atoms with Crippen molar-refractivity contribution < 1.29 is 58.7 Å². The number of aliphatic hydroxyl groups excluding tert-OH is 1. The summed E-state index contributed by atoms with van der Waals surface area (Å²) in [5.41, 5.74) is 0. The predicted octanol–water partition coefficient (Wildman–Crippen LogP) is -0.282. The van der Waals surface area contributed by atoms with Crippen molar-refractivity contribution in [1.82, 2.24) is 0 Å². The van der Waals surface area contributed by atoms with Crippen LogP contribution in [0.25, 0.3) is 0 Å². The van der Waals surface area contributed by atoms with Crippen LogP contribution in [0, 0.1) is 4.93 Å². The van der Waals surface area contributed by atoms with E-state index in [9.17, 15) is 0 Å². The Labute approximate surface area is 149 Å². The Morgan fingerprint density at radius 3 is 1.27 bits per heavy atom. The molecular formula is C3H9I3NaO2SV-. The fraction of sp³-hybridized carbons (Fsp3) is 0.667. The van der Waals surface area contributed by atoms with Crippen LogP contribution in [0.3, 0.4) is 0 Å². The monoisotopic (exact) mass is 564 g/mol. The first-order valence-electron chi connectivity index (χ1n) is 1.43. The maximum atomic E-state index is 7.43. The minimum absolute atomic E-state index is 0. The third-order valence-corrected chi connectivity index (χ3v) is 0. The summed E-state index contributed by atoms with van der Waals surface area (Å²) in [6.07, 6.45) is 0. The molecule has 0 aliphatic heterocycles. The summed E-state index contributed by atoms with van der Waals surface area (Å²) in [6, 6.07) is 0. The molecule has 0 bridgehead atoms. The number of rotatable bonds is 0. The van der Waals surface area contributed by atoms with Crippen LogP contribution in [0.15, 0.2) is 0 Å². The van der Waals surface area contributed by atoms with E-state index < -0.39 is 0 Å². The smallest absolute Gasteiger partial charge is 0.870 e. The molecule has 0 aliphatic rings. The summed E-state index contributed by atoms with van der Waals surface area (Å²) in [5, 5.41) is 7.43. The van der Waals surface area contributed by atoms with E-state index >= 15 is 0 Å². The fourth-order valence-corrected chi connectivity index (χ4v) is 0. The zero-order valence-electron chi connectivity index (χ0n) is 6.04. The summed E-state index contributed by atoms with van der Waals surface area (Å²) in [6.45, 7) is 0. The van der Waals surface area contributed by atoms with E-state index in [4.69, 9.17) is 5.11 Å². The second-order valence-electron chi connectivity index (χ2n) is 0.242. The topological polar surface area (TPSA) is 50.2 Å². The van der Waals surface area contributed by atoms with Gasteiger partial charge >= 0.3 is 29.6 Å². The van der Waals surface area contributed by atoms with Gasteiger partial charge in [0.15, 0.2) is 0 Å². The van der Waals surface area contributed by atoms with Crippen molar-refractivity contribution in [3.8, 4) is 0 Å². The summed E-state index contributed by atoms with van der Waals surface area (Å²) in [5.74, 6) is -0.0556. The minimum atomic E-state index is -0.0556. The van der Waals surface area contributed by atoms with Crippen molar-refractivity contribution in [3.63, 3.8) is 0 Å². The van der Waals surface area contributed by atoms with E-state index in [1.807, 2.05) is 22.6 Å². The maximum Gasteiger partial charge on any atom is 1.00 e. The Morgan fingerprint density at radius 2 is 1.27 bits per heavy atom. The molecule has 0 spiro atoms. The second kappa shape index (κ2) is 65.4. The van der Waals surface area contributed by atoms with Crippen LogP contribution >= 0.6 is 80.4 Å². The SMILES string of the molecule is ICI.OCS.[CH2-]I.[Na+].[OH-].[V]. The van der Waals surface area contributed by atoms with Crippen molar-refractivity contribution in [2.24, 2.45) is 0 Å². The number of halogens is 3. The molecule has 0 heterocycles. The quantitative estimate of drug-likeness (QED) is 0.106. The van der Waals surface area contributed by atoms with Crippen LogP contribution in [0.4, 0.5) is 0 Å². The fourth-order valence-electron chi connectivity index (χ4n) is 0. The largest absolute Gasteiger partial charge is 1.00 e.